The zero-order valence-corrected chi connectivity index (χ0v) is 26.5. The van der Waals surface area contributed by atoms with Crippen molar-refractivity contribution in [1.29, 1.82) is 0 Å². The minimum atomic E-state index is -1.50. The van der Waals surface area contributed by atoms with E-state index in [1.165, 1.54) is 18.2 Å². The summed E-state index contributed by atoms with van der Waals surface area (Å²) in [4.78, 5) is 49.7. The van der Waals surface area contributed by atoms with E-state index in [1.807, 2.05) is 0 Å². The molecule has 0 aromatic heterocycles. The molecule has 0 saturated carbocycles. The number of carboxylic acids is 4. The van der Waals surface area contributed by atoms with E-state index in [0.29, 0.717) is 0 Å². The molecule has 0 amide bonds. The molecular weight excluding hydrogens is 694 g/mol. The highest BCUT2D eigenvalue weighted by atomic mass is 19.2. The van der Waals surface area contributed by atoms with E-state index >= 15 is 8.78 Å². The molecule has 4 N–H and O–H groups in total. The molecule has 0 unspecified atom stereocenters. The van der Waals surface area contributed by atoms with Gasteiger partial charge in [0.15, 0.2) is 34.6 Å². The van der Waals surface area contributed by atoms with E-state index in [9.17, 15) is 48.4 Å². The number of hydrogen-bond donors (Lipinski definition) is 4. The molecule has 0 saturated heterocycles. The maximum Gasteiger partial charge on any atom is 0.323 e. The van der Waals surface area contributed by atoms with Crippen LogP contribution in [0.5, 0.6) is 23.0 Å². The molecule has 274 valence electrons. The Bertz CT molecular complexity index is 1760. The average Bonchev–Trinajstić information content (AvgIpc) is 3.05. The Morgan fingerprint density at radius 2 is 1.04 bits per heavy atom. The number of benzene rings is 3. The zero-order chi connectivity index (χ0) is 37.2. The van der Waals surface area contributed by atoms with Crippen molar-refractivity contribution < 1.29 is 76.1 Å². The summed E-state index contributed by atoms with van der Waals surface area (Å²) in [5, 5.41) is 37.8. The highest BCUT2D eigenvalue weighted by Crippen LogP contribution is 2.36. The highest BCUT2D eigenvalue weighted by molar-refractivity contribution is 5.80. The first-order valence-electron chi connectivity index (χ1n) is 15.0. The van der Waals surface area contributed by atoms with Gasteiger partial charge in [-0.05, 0) is 36.4 Å². The van der Waals surface area contributed by atoms with Crippen LogP contribution in [0.1, 0.15) is 0 Å². The number of halogens is 4. The van der Waals surface area contributed by atoms with Gasteiger partial charge in [0.25, 0.3) is 0 Å². The fourth-order valence-corrected chi connectivity index (χ4v) is 5.02. The Labute approximate surface area is 286 Å². The number of carboxylic acid groups (broad SMARTS) is 4. The standard InChI is InChI=1S/C32H31F4N3O12/c33-19-2-4-21-31(29(19)35)50-11-12-51-32-22(5-3-20(34)30(32)36)38(15-26(42)43)8-10-49-24-13-18(39(16-27(44)45)17-28(46)47)1-6-23(24)48-9-7-37(21)14-25(40)41/h1-6,13H,7-12,14-17H2,(H,40,41)(H,42,43)(H,44,45)(H,46,47). The number of rotatable bonds is 9. The van der Waals surface area contributed by atoms with Crippen LogP contribution in [-0.4, -0.2) is 110 Å². The van der Waals surface area contributed by atoms with Gasteiger partial charge in [0, 0.05) is 11.8 Å². The summed E-state index contributed by atoms with van der Waals surface area (Å²) in [5.74, 6) is -12.7. The van der Waals surface area contributed by atoms with Gasteiger partial charge in [-0.25, -0.2) is 8.78 Å². The van der Waals surface area contributed by atoms with Gasteiger partial charge in [-0.2, -0.15) is 8.78 Å². The van der Waals surface area contributed by atoms with Crippen molar-refractivity contribution in [3.8, 4) is 23.0 Å². The average molecular weight is 726 g/mol. The summed E-state index contributed by atoms with van der Waals surface area (Å²) in [6.45, 7) is -5.34. The molecule has 1 aliphatic heterocycles. The molecule has 1 heterocycles. The third-order valence-electron chi connectivity index (χ3n) is 7.15. The van der Waals surface area contributed by atoms with Gasteiger partial charge in [-0.1, -0.05) is 0 Å². The van der Waals surface area contributed by atoms with Crippen molar-refractivity contribution in [2.24, 2.45) is 0 Å². The molecule has 4 rings (SSSR count). The fourth-order valence-electron chi connectivity index (χ4n) is 5.02. The lowest BCUT2D eigenvalue weighted by atomic mass is 10.2. The molecule has 1 aliphatic rings. The number of anilines is 3. The summed E-state index contributed by atoms with van der Waals surface area (Å²) < 4.78 is 81.4. The number of aliphatic carboxylic acids is 4. The lowest BCUT2D eigenvalue weighted by Crippen LogP contribution is -2.35. The van der Waals surface area contributed by atoms with Gasteiger partial charge < -0.3 is 54.1 Å². The van der Waals surface area contributed by atoms with Crippen molar-refractivity contribution in [3.05, 3.63) is 65.7 Å². The SMILES string of the molecule is O=C(O)CN(CC(=O)O)c1ccc2c(c1)OCCN(CC(=O)O)c1ccc(F)c(F)c1OCCOc1c(ccc(F)c1F)N(CC(=O)O)CCO2. The van der Waals surface area contributed by atoms with E-state index in [0.717, 1.165) is 39.0 Å². The molecule has 15 nitrogen and oxygen atoms in total. The maximum atomic E-state index is 15.1. The molecule has 0 bridgehead atoms. The second-order valence-corrected chi connectivity index (χ2v) is 10.7. The van der Waals surface area contributed by atoms with Gasteiger partial charge in [0.05, 0.1) is 24.5 Å². The molecule has 0 spiro atoms. The van der Waals surface area contributed by atoms with Crippen molar-refractivity contribution in [2.75, 3.05) is 80.4 Å². The monoisotopic (exact) mass is 725 g/mol. The number of nitrogens with zero attached hydrogens (tertiary/aromatic N) is 3. The normalized spacial score (nSPS) is 13.7. The molecule has 0 fully saturated rings. The third kappa shape index (κ3) is 9.96. The van der Waals surface area contributed by atoms with Crippen LogP contribution in [0.2, 0.25) is 0 Å². The van der Waals surface area contributed by atoms with Crippen LogP contribution in [0.4, 0.5) is 34.6 Å². The predicted molar refractivity (Wildman–Crippen MR) is 168 cm³/mol. The Morgan fingerprint density at radius 3 is 1.47 bits per heavy atom. The molecule has 19 heteroatoms. The Hall–Kier alpha value is -6.14. The van der Waals surface area contributed by atoms with E-state index < -0.39 is 98.0 Å². The summed E-state index contributed by atoms with van der Waals surface area (Å²) in [6.07, 6.45) is 0. The maximum absolute atomic E-state index is 15.1. The van der Waals surface area contributed by atoms with Crippen LogP contribution in [0.25, 0.3) is 0 Å². The van der Waals surface area contributed by atoms with Crippen molar-refractivity contribution in [2.45, 2.75) is 0 Å². The molecule has 3 aromatic rings. The molecule has 51 heavy (non-hydrogen) atoms. The quantitative estimate of drug-likeness (QED) is 0.235. The zero-order valence-electron chi connectivity index (χ0n) is 26.5. The first-order chi connectivity index (χ1) is 24.2. The lowest BCUT2D eigenvalue weighted by Gasteiger charge is -2.28. The van der Waals surface area contributed by atoms with Crippen molar-refractivity contribution in [3.63, 3.8) is 0 Å². The summed E-state index contributed by atoms with van der Waals surface area (Å²) >= 11 is 0. The van der Waals surface area contributed by atoms with E-state index in [4.69, 9.17) is 18.9 Å². The first-order valence-corrected chi connectivity index (χ1v) is 15.0. The molecule has 0 radical (unpaired) electrons. The van der Waals surface area contributed by atoms with E-state index in [2.05, 4.69) is 0 Å². The highest BCUT2D eigenvalue weighted by Gasteiger charge is 2.25. The Kier molecular flexibility index (Phi) is 12.6. The van der Waals surface area contributed by atoms with Crippen LogP contribution in [0.3, 0.4) is 0 Å². The smallest absolute Gasteiger partial charge is 0.323 e. The van der Waals surface area contributed by atoms with Gasteiger partial charge in [0.2, 0.25) is 11.6 Å². The summed E-state index contributed by atoms with van der Waals surface area (Å²) in [7, 11) is 0. The Morgan fingerprint density at radius 1 is 0.588 bits per heavy atom. The summed E-state index contributed by atoms with van der Waals surface area (Å²) in [5.41, 5.74) is -0.374. The van der Waals surface area contributed by atoms with Crippen LogP contribution >= 0.6 is 0 Å². The van der Waals surface area contributed by atoms with Gasteiger partial charge in [-0.3, -0.25) is 19.2 Å². The van der Waals surface area contributed by atoms with Crippen molar-refractivity contribution >= 4 is 40.9 Å². The van der Waals surface area contributed by atoms with Crippen LogP contribution in [-0.2, 0) is 19.2 Å². The number of hydrogen-bond acceptors (Lipinski definition) is 11. The van der Waals surface area contributed by atoms with Crippen LogP contribution in [0, 0.1) is 23.3 Å². The number of fused-ring (bicyclic) bond motifs is 3. The topological polar surface area (TPSA) is 196 Å². The van der Waals surface area contributed by atoms with E-state index in [1.54, 1.807) is 0 Å². The first kappa shape index (κ1) is 37.7. The second kappa shape index (κ2) is 17.0. The summed E-state index contributed by atoms with van der Waals surface area (Å²) in [6, 6.07) is 7.48. The molecule has 0 atom stereocenters. The molecule has 0 aliphatic carbocycles. The lowest BCUT2D eigenvalue weighted by molar-refractivity contribution is -0.137. The van der Waals surface area contributed by atoms with Crippen LogP contribution in [0.15, 0.2) is 42.5 Å². The molecule has 3 aromatic carbocycles. The number of ether oxygens (including phenoxy) is 4. The van der Waals surface area contributed by atoms with Gasteiger partial charge >= 0.3 is 23.9 Å². The second-order valence-electron chi connectivity index (χ2n) is 10.7. The van der Waals surface area contributed by atoms with E-state index in [-0.39, 0.29) is 54.9 Å². The van der Waals surface area contributed by atoms with Gasteiger partial charge in [0.1, 0.15) is 52.6 Å². The third-order valence-corrected chi connectivity index (χ3v) is 7.15. The van der Waals surface area contributed by atoms with Crippen LogP contribution < -0.4 is 33.6 Å². The number of carbonyl (C=O) groups is 4. The predicted octanol–water partition coefficient (Wildman–Crippen LogP) is 2.93. The fraction of sp³-hybridized carbons (Fsp3) is 0.312. The minimum absolute atomic E-state index is 0.0239. The minimum Gasteiger partial charge on any atom is -0.488 e. The van der Waals surface area contributed by atoms with Gasteiger partial charge in [-0.15, -0.1) is 0 Å². The van der Waals surface area contributed by atoms with Crippen molar-refractivity contribution in [1.82, 2.24) is 0 Å². The largest absolute Gasteiger partial charge is 0.488 e. The Balaban J connectivity index is 1.81. The molecular formula is C32H31F4N3O12.